The number of nitrogens with zero attached hydrogens (tertiary/aromatic N) is 1. The third kappa shape index (κ3) is 5.81. The highest BCUT2D eigenvalue weighted by molar-refractivity contribution is 6.06. The topological polar surface area (TPSA) is 16.4 Å². The summed E-state index contributed by atoms with van der Waals surface area (Å²) >= 11 is 0. The van der Waals surface area contributed by atoms with E-state index in [1.807, 2.05) is 12.1 Å². The Bertz CT molecular complexity index is 2880. The molecule has 2 heteroatoms. The summed E-state index contributed by atoms with van der Waals surface area (Å²) in [6.07, 6.45) is 0. The molecule has 1 aromatic heterocycles. The van der Waals surface area contributed by atoms with E-state index >= 15 is 0 Å². The molecule has 0 unspecified atom stereocenters. The van der Waals surface area contributed by atoms with Crippen LogP contribution in [0.15, 0.2) is 217 Å². The zero-order chi connectivity index (χ0) is 35.8. The van der Waals surface area contributed by atoms with E-state index in [0.29, 0.717) is 0 Å². The molecule has 0 bridgehead atoms. The summed E-state index contributed by atoms with van der Waals surface area (Å²) in [4.78, 5) is 2.37. The van der Waals surface area contributed by atoms with Gasteiger partial charge >= 0.3 is 0 Å². The molecule has 0 aliphatic rings. The van der Waals surface area contributed by atoms with Gasteiger partial charge in [-0.2, -0.15) is 0 Å². The van der Waals surface area contributed by atoms with Gasteiger partial charge in [-0.25, -0.2) is 0 Å². The number of hydrogen-bond acceptors (Lipinski definition) is 2. The van der Waals surface area contributed by atoms with Gasteiger partial charge < -0.3 is 9.32 Å². The molecular formula is C52H35NO. The molecule has 0 aliphatic heterocycles. The maximum Gasteiger partial charge on any atom is 0.136 e. The maximum absolute atomic E-state index is 6.17. The smallest absolute Gasteiger partial charge is 0.136 e. The van der Waals surface area contributed by atoms with Crippen molar-refractivity contribution in [3.8, 4) is 44.5 Å². The molecule has 10 rings (SSSR count). The molecule has 0 radical (unpaired) electrons. The van der Waals surface area contributed by atoms with Crippen LogP contribution in [0.2, 0.25) is 0 Å². The first-order valence-corrected chi connectivity index (χ1v) is 18.4. The van der Waals surface area contributed by atoms with E-state index in [-0.39, 0.29) is 0 Å². The van der Waals surface area contributed by atoms with Gasteiger partial charge in [-0.3, -0.25) is 0 Å². The first kappa shape index (κ1) is 31.6. The fourth-order valence-corrected chi connectivity index (χ4v) is 7.68. The largest absolute Gasteiger partial charge is 0.456 e. The van der Waals surface area contributed by atoms with Crippen LogP contribution < -0.4 is 4.90 Å². The Morgan fingerprint density at radius 2 is 0.704 bits per heavy atom. The summed E-state index contributed by atoms with van der Waals surface area (Å²) in [6.45, 7) is 0. The van der Waals surface area contributed by atoms with Gasteiger partial charge in [0, 0.05) is 27.5 Å². The third-order valence-electron chi connectivity index (χ3n) is 10.5. The van der Waals surface area contributed by atoms with E-state index in [2.05, 4.69) is 205 Å². The summed E-state index contributed by atoms with van der Waals surface area (Å²) < 4.78 is 6.17. The number of benzene rings is 9. The standard InChI is InChI=1S/C52H35NO/c1-2-9-36(10-3-1)37-17-19-38(20-18-37)40-25-30-45(31-26-40)53(50-15-8-12-43-11-4-5-13-47(43)50)46-32-27-41(28-33-46)39-21-23-42(24-22-39)44-29-34-49-48-14-6-7-16-51(48)54-52(49)35-44/h1-35H. The average molecular weight is 690 g/mol. The molecule has 0 aliphatic carbocycles. The highest BCUT2D eigenvalue weighted by Crippen LogP contribution is 2.41. The Hall–Kier alpha value is -7.16. The zero-order valence-corrected chi connectivity index (χ0v) is 29.6. The summed E-state index contributed by atoms with van der Waals surface area (Å²) in [5, 5.41) is 4.72. The van der Waals surface area contributed by atoms with E-state index in [1.54, 1.807) is 0 Å². The summed E-state index contributed by atoms with van der Waals surface area (Å²) in [6, 6.07) is 75.9. The van der Waals surface area contributed by atoms with E-state index < -0.39 is 0 Å². The van der Waals surface area contributed by atoms with Crippen molar-refractivity contribution in [1.29, 1.82) is 0 Å². The molecule has 0 saturated heterocycles. The highest BCUT2D eigenvalue weighted by Gasteiger charge is 2.16. The van der Waals surface area contributed by atoms with Gasteiger partial charge in [0.15, 0.2) is 0 Å². The monoisotopic (exact) mass is 689 g/mol. The van der Waals surface area contributed by atoms with Crippen molar-refractivity contribution in [3.63, 3.8) is 0 Å². The molecule has 10 aromatic rings. The van der Waals surface area contributed by atoms with E-state index in [1.165, 1.54) is 44.2 Å². The molecule has 9 aromatic carbocycles. The number of furan rings is 1. The van der Waals surface area contributed by atoms with Crippen LogP contribution in [0, 0.1) is 0 Å². The fourth-order valence-electron chi connectivity index (χ4n) is 7.68. The van der Waals surface area contributed by atoms with Gasteiger partial charge in [0.1, 0.15) is 11.2 Å². The quantitative estimate of drug-likeness (QED) is 0.166. The number of para-hydroxylation sites is 1. The lowest BCUT2D eigenvalue weighted by molar-refractivity contribution is 0.669. The van der Waals surface area contributed by atoms with Crippen molar-refractivity contribution >= 4 is 49.8 Å². The van der Waals surface area contributed by atoms with Gasteiger partial charge in [-0.15, -0.1) is 0 Å². The lowest BCUT2D eigenvalue weighted by Crippen LogP contribution is -2.10. The lowest BCUT2D eigenvalue weighted by Gasteiger charge is -2.27. The predicted octanol–water partition coefficient (Wildman–Crippen LogP) is 14.9. The number of fused-ring (bicyclic) bond motifs is 4. The van der Waals surface area contributed by atoms with Gasteiger partial charge in [0.25, 0.3) is 0 Å². The molecule has 0 atom stereocenters. The molecule has 0 fully saturated rings. The van der Waals surface area contributed by atoms with Crippen LogP contribution in [0.5, 0.6) is 0 Å². The summed E-state index contributed by atoms with van der Waals surface area (Å²) in [5.74, 6) is 0. The van der Waals surface area contributed by atoms with Gasteiger partial charge in [0.2, 0.25) is 0 Å². The first-order valence-electron chi connectivity index (χ1n) is 18.4. The number of hydrogen-bond donors (Lipinski definition) is 0. The second kappa shape index (κ2) is 13.4. The minimum atomic E-state index is 0.913. The second-order valence-electron chi connectivity index (χ2n) is 13.8. The molecule has 254 valence electrons. The van der Waals surface area contributed by atoms with Crippen LogP contribution in [-0.4, -0.2) is 0 Å². The Balaban J connectivity index is 0.959. The SMILES string of the molecule is c1ccc(-c2ccc(-c3ccc(N(c4ccc(-c5ccc(-c6ccc7c(c6)oc6ccccc67)cc5)cc4)c4cccc5ccccc45)cc3)cc2)cc1. The van der Waals surface area contributed by atoms with Crippen molar-refractivity contribution in [2.24, 2.45) is 0 Å². The number of rotatable bonds is 7. The predicted molar refractivity (Wildman–Crippen MR) is 228 cm³/mol. The summed E-state index contributed by atoms with van der Waals surface area (Å²) in [5.41, 5.74) is 14.7. The van der Waals surface area contributed by atoms with Crippen LogP contribution >= 0.6 is 0 Å². The minimum Gasteiger partial charge on any atom is -0.456 e. The fraction of sp³-hybridized carbons (Fsp3) is 0. The van der Waals surface area contributed by atoms with Crippen molar-refractivity contribution < 1.29 is 4.42 Å². The highest BCUT2D eigenvalue weighted by atomic mass is 16.3. The first-order chi connectivity index (χ1) is 26.7. The normalized spacial score (nSPS) is 11.3. The van der Waals surface area contributed by atoms with Crippen LogP contribution in [0.25, 0.3) is 77.2 Å². The van der Waals surface area contributed by atoms with Crippen molar-refractivity contribution in [1.82, 2.24) is 0 Å². The van der Waals surface area contributed by atoms with Crippen LogP contribution in [0.4, 0.5) is 17.1 Å². The number of anilines is 3. The summed E-state index contributed by atoms with van der Waals surface area (Å²) in [7, 11) is 0. The molecule has 54 heavy (non-hydrogen) atoms. The van der Waals surface area contributed by atoms with Crippen molar-refractivity contribution in [2.75, 3.05) is 4.90 Å². The van der Waals surface area contributed by atoms with Gasteiger partial charge in [-0.05, 0) is 98.4 Å². The zero-order valence-electron chi connectivity index (χ0n) is 29.6. The van der Waals surface area contributed by atoms with E-state index in [9.17, 15) is 0 Å². The Morgan fingerprint density at radius 3 is 1.31 bits per heavy atom. The second-order valence-corrected chi connectivity index (χ2v) is 13.8. The average Bonchev–Trinajstić information content (AvgIpc) is 3.63. The van der Waals surface area contributed by atoms with Gasteiger partial charge in [0.05, 0.1) is 5.69 Å². The molecular weight excluding hydrogens is 655 g/mol. The molecule has 0 saturated carbocycles. The van der Waals surface area contributed by atoms with Gasteiger partial charge in [-0.1, -0.05) is 164 Å². The van der Waals surface area contributed by atoms with E-state index in [0.717, 1.165) is 50.1 Å². The van der Waals surface area contributed by atoms with Crippen LogP contribution in [0.1, 0.15) is 0 Å². The minimum absolute atomic E-state index is 0.913. The van der Waals surface area contributed by atoms with Crippen LogP contribution in [-0.2, 0) is 0 Å². The Labute approximate surface area is 314 Å². The third-order valence-corrected chi connectivity index (χ3v) is 10.5. The lowest BCUT2D eigenvalue weighted by atomic mass is 9.99. The Morgan fingerprint density at radius 1 is 0.278 bits per heavy atom. The molecule has 0 spiro atoms. The van der Waals surface area contributed by atoms with Crippen molar-refractivity contribution in [2.45, 2.75) is 0 Å². The Kier molecular flexibility index (Phi) is 7.85. The molecule has 1 heterocycles. The molecule has 2 nitrogen and oxygen atoms in total. The molecule has 0 N–H and O–H groups in total. The van der Waals surface area contributed by atoms with E-state index in [4.69, 9.17) is 4.42 Å². The van der Waals surface area contributed by atoms with Crippen LogP contribution in [0.3, 0.4) is 0 Å². The molecule has 0 amide bonds. The maximum atomic E-state index is 6.17. The van der Waals surface area contributed by atoms with Crippen molar-refractivity contribution in [3.05, 3.63) is 212 Å².